The van der Waals surface area contributed by atoms with Gasteiger partial charge in [0.05, 0.1) is 4.92 Å². The molecule has 0 aliphatic carbocycles. The fourth-order valence-corrected chi connectivity index (χ4v) is 10.7. The Morgan fingerprint density at radius 3 is 2.00 bits per heavy atom. The first-order valence-corrected chi connectivity index (χ1v) is 22.3. The number of rotatable bonds is 17. The van der Waals surface area contributed by atoms with Crippen molar-refractivity contribution in [1.29, 1.82) is 0 Å². The predicted molar refractivity (Wildman–Crippen MR) is 238 cm³/mol. The zero-order valence-electron chi connectivity index (χ0n) is 33.0. The van der Waals surface area contributed by atoms with E-state index in [0.717, 1.165) is 95.4 Å². The van der Waals surface area contributed by atoms with Gasteiger partial charge in [-0.3, -0.25) is 24.6 Å². The molecule has 0 fully saturated rings. The zero-order chi connectivity index (χ0) is 39.6. The number of imide groups is 1. The molecular formula is C48H49N3O4S2. The van der Waals surface area contributed by atoms with E-state index in [-0.39, 0.29) is 22.4 Å². The van der Waals surface area contributed by atoms with Crippen molar-refractivity contribution < 1.29 is 14.5 Å². The normalized spacial score (nSPS) is 13.4. The van der Waals surface area contributed by atoms with E-state index in [4.69, 9.17) is 0 Å². The Morgan fingerprint density at radius 1 is 0.632 bits per heavy atom. The van der Waals surface area contributed by atoms with Gasteiger partial charge in [-0.2, -0.15) is 0 Å². The van der Waals surface area contributed by atoms with E-state index in [9.17, 15) is 19.7 Å². The van der Waals surface area contributed by atoms with E-state index in [1.165, 1.54) is 43.4 Å². The summed E-state index contributed by atoms with van der Waals surface area (Å²) in [4.78, 5) is 44.9. The molecule has 0 bridgehead atoms. The molecule has 0 radical (unpaired) electrons. The van der Waals surface area contributed by atoms with Gasteiger partial charge < -0.3 is 4.57 Å². The highest BCUT2D eigenvalue weighted by Crippen LogP contribution is 2.44. The van der Waals surface area contributed by atoms with Crippen LogP contribution < -0.4 is 0 Å². The summed E-state index contributed by atoms with van der Waals surface area (Å²) < 4.78 is 2.37. The number of non-ortho nitro benzene ring substituents is 1. The largest absolute Gasteiger partial charge is 0.340 e. The van der Waals surface area contributed by atoms with Crippen molar-refractivity contribution >= 4 is 72.8 Å². The predicted octanol–water partition coefficient (Wildman–Crippen LogP) is 14.2. The summed E-state index contributed by atoms with van der Waals surface area (Å²) in [6.45, 7) is 8.03. The third kappa shape index (κ3) is 7.43. The number of aromatic nitrogens is 1. The van der Waals surface area contributed by atoms with Crippen LogP contribution in [0.4, 0.5) is 5.69 Å². The topological polar surface area (TPSA) is 85.4 Å². The number of nitro benzene ring substituents is 1. The number of nitro groups is 1. The van der Waals surface area contributed by atoms with Crippen molar-refractivity contribution in [2.75, 3.05) is 6.54 Å². The number of carbonyl (C=O) groups excluding carboxylic acids is 2. The lowest BCUT2D eigenvalue weighted by atomic mass is 9.90. The second kappa shape index (κ2) is 16.8. The molecule has 4 aromatic carbocycles. The maximum absolute atomic E-state index is 13.7. The maximum atomic E-state index is 13.7. The minimum Gasteiger partial charge on any atom is -0.340 e. The molecule has 2 amide bonds. The maximum Gasteiger partial charge on any atom is 0.270 e. The van der Waals surface area contributed by atoms with E-state index in [0.29, 0.717) is 23.6 Å². The zero-order valence-corrected chi connectivity index (χ0v) is 34.6. The molecular weight excluding hydrogens is 747 g/mol. The van der Waals surface area contributed by atoms with Crippen LogP contribution in [0.2, 0.25) is 0 Å². The number of thiophene rings is 2. The molecule has 1 atom stereocenters. The van der Waals surface area contributed by atoms with Gasteiger partial charge in [0.15, 0.2) is 0 Å². The summed E-state index contributed by atoms with van der Waals surface area (Å²) in [5.74, 6) is 0.152. The van der Waals surface area contributed by atoms with Gasteiger partial charge in [0, 0.05) is 83.0 Å². The minimum atomic E-state index is -0.307. The SMILES string of the molecule is CCCCCCCCN1C(=O)c2cccc3c(-c4ccc(-c5ccc(-c6ccc7c(c6)c6cc([N+](=O)[O-])ccc6n7CC(CC)CCCC)s5)s4)ccc(c23)C1=O. The molecule has 7 aromatic rings. The average molecular weight is 796 g/mol. The van der Waals surface area contributed by atoms with E-state index in [1.807, 2.05) is 36.4 Å². The summed E-state index contributed by atoms with van der Waals surface area (Å²) in [5, 5.41) is 15.5. The molecule has 3 aromatic heterocycles. The molecule has 0 saturated heterocycles. The van der Waals surface area contributed by atoms with Gasteiger partial charge in [0.25, 0.3) is 17.5 Å². The van der Waals surface area contributed by atoms with E-state index >= 15 is 0 Å². The summed E-state index contributed by atoms with van der Waals surface area (Å²) >= 11 is 3.44. The average Bonchev–Trinajstić information content (AvgIpc) is 3.99. The van der Waals surface area contributed by atoms with Crippen LogP contribution in [0.3, 0.4) is 0 Å². The highest BCUT2D eigenvalue weighted by molar-refractivity contribution is 7.25. The lowest BCUT2D eigenvalue weighted by Crippen LogP contribution is -2.40. The molecule has 57 heavy (non-hydrogen) atoms. The Labute approximate surface area is 342 Å². The molecule has 7 nitrogen and oxygen atoms in total. The Hall–Kier alpha value is -5.12. The number of amides is 2. The number of benzene rings is 4. The monoisotopic (exact) mass is 795 g/mol. The Kier molecular flexibility index (Phi) is 11.4. The van der Waals surface area contributed by atoms with Crippen LogP contribution in [0.15, 0.2) is 91.0 Å². The molecule has 8 rings (SSSR count). The summed E-state index contributed by atoms with van der Waals surface area (Å²) in [7, 11) is 0. The minimum absolute atomic E-state index is 0.108. The molecule has 0 saturated carbocycles. The van der Waals surface area contributed by atoms with Gasteiger partial charge >= 0.3 is 0 Å². The van der Waals surface area contributed by atoms with Gasteiger partial charge in [-0.1, -0.05) is 96.4 Å². The van der Waals surface area contributed by atoms with Crippen molar-refractivity contribution in [2.45, 2.75) is 91.5 Å². The number of unbranched alkanes of at least 4 members (excludes halogenated alkanes) is 6. The van der Waals surface area contributed by atoms with Gasteiger partial charge in [0.2, 0.25) is 0 Å². The van der Waals surface area contributed by atoms with Crippen molar-refractivity contribution in [3.8, 4) is 30.6 Å². The van der Waals surface area contributed by atoms with E-state index < -0.39 is 0 Å². The van der Waals surface area contributed by atoms with E-state index in [2.05, 4.69) is 67.8 Å². The van der Waals surface area contributed by atoms with Crippen LogP contribution in [0, 0.1) is 16.0 Å². The Morgan fingerprint density at radius 2 is 1.26 bits per heavy atom. The van der Waals surface area contributed by atoms with Crippen molar-refractivity contribution in [1.82, 2.24) is 9.47 Å². The molecule has 0 spiro atoms. The fourth-order valence-electron chi connectivity index (χ4n) is 8.59. The van der Waals surface area contributed by atoms with Gasteiger partial charge in [-0.15, -0.1) is 22.7 Å². The molecule has 1 unspecified atom stereocenters. The van der Waals surface area contributed by atoms with Crippen LogP contribution >= 0.6 is 22.7 Å². The summed E-state index contributed by atoms with van der Waals surface area (Å²) in [6, 6.07) is 30.2. The van der Waals surface area contributed by atoms with Crippen LogP contribution in [-0.4, -0.2) is 32.7 Å². The second-order valence-corrected chi connectivity index (χ2v) is 17.6. The van der Waals surface area contributed by atoms with Gasteiger partial charge in [-0.05, 0) is 89.9 Å². The highest BCUT2D eigenvalue weighted by Gasteiger charge is 2.33. The van der Waals surface area contributed by atoms with Crippen LogP contribution in [0.25, 0.3) is 63.2 Å². The van der Waals surface area contributed by atoms with Crippen LogP contribution in [0.5, 0.6) is 0 Å². The molecule has 1 aliphatic heterocycles. The second-order valence-electron chi connectivity index (χ2n) is 15.5. The van der Waals surface area contributed by atoms with Crippen molar-refractivity contribution in [3.63, 3.8) is 0 Å². The quantitative estimate of drug-likeness (QED) is 0.0397. The van der Waals surface area contributed by atoms with Crippen molar-refractivity contribution in [3.05, 3.63) is 112 Å². The third-order valence-electron chi connectivity index (χ3n) is 11.8. The van der Waals surface area contributed by atoms with Gasteiger partial charge in [0.1, 0.15) is 0 Å². The molecule has 4 heterocycles. The smallest absolute Gasteiger partial charge is 0.270 e. The molecule has 9 heteroatoms. The van der Waals surface area contributed by atoms with Crippen LogP contribution in [0.1, 0.15) is 106 Å². The number of hydrogen-bond donors (Lipinski definition) is 0. The molecule has 1 aliphatic rings. The number of fused-ring (bicyclic) bond motifs is 3. The number of hydrogen-bond acceptors (Lipinski definition) is 6. The summed E-state index contributed by atoms with van der Waals surface area (Å²) in [6.07, 6.45) is 11.2. The first-order chi connectivity index (χ1) is 27.8. The lowest BCUT2D eigenvalue weighted by molar-refractivity contribution is -0.384. The lowest BCUT2D eigenvalue weighted by Gasteiger charge is -2.27. The number of carbonyl (C=O) groups is 2. The Balaban J connectivity index is 1.08. The first kappa shape index (κ1) is 38.7. The summed E-state index contributed by atoms with van der Waals surface area (Å²) in [5.41, 5.74) is 5.57. The highest BCUT2D eigenvalue weighted by atomic mass is 32.1. The number of nitrogens with zero attached hydrogens (tertiary/aromatic N) is 3. The molecule has 292 valence electrons. The van der Waals surface area contributed by atoms with Crippen molar-refractivity contribution in [2.24, 2.45) is 5.92 Å². The first-order valence-electron chi connectivity index (χ1n) is 20.6. The van der Waals surface area contributed by atoms with E-state index in [1.54, 1.807) is 34.8 Å². The fraction of sp³-hybridized carbons (Fsp3) is 0.333. The Bertz CT molecular complexity index is 2610. The van der Waals surface area contributed by atoms with Crippen LogP contribution in [-0.2, 0) is 6.54 Å². The third-order valence-corrected chi connectivity index (χ3v) is 14.2. The van der Waals surface area contributed by atoms with Gasteiger partial charge in [-0.25, -0.2) is 0 Å². The standard InChI is InChI=1S/C48H49N3O4S2/c1-4-7-9-10-11-12-27-49-47(52)36-16-13-15-35-34(19-20-37(46(35)36)48(49)53)43-24-26-45(57-43)44-25-23-42(56-44)32-17-21-40-38(28-32)39-29-33(51(54)55)18-22-41(39)50(40)30-31(6-3)14-8-5-2/h13,15-26,28-29,31H,4-12,14,27,30H2,1-3H3. The molecule has 0 N–H and O–H groups in total.